The summed E-state index contributed by atoms with van der Waals surface area (Å²) in [5, 5.41) is 0. The van der Waals surface area contributed by atoms with Crippen molar-refractivity contribution in [3.8, 4) is 0 Å². The molecule has 0 spiro atoms. The first-order chi connectivity index (χ1) is 4.27. The predicted octanol–water partition coefficient (Wildman–Crippen LogP) is 0.886. The molecule has 1 fully saturated rings. The summed E-state index contributed by atoms with van der Waals surface area (Å²) in [6, 6.07) is 0. The lowest BCUT2D eigenvalue weighted by Crippen LogP contribution is -2.46. The topological polar surface area (TPSA) is 35.2 Å². The average Bonchev–Trinajstić information content (AvgIpc) is 1.90. The van der Waals surface area contributed by atoms with Crippen LogP contribution in [0.4, 0.5) is 4.39 Å². The zero-order valence-corrected chi connectivity index (χ0v) is 6.62. The molecule has 1 aliphatic heterocycles. The van der Waals surface area contributed by atoms with Crippen molar-refractivity contribution >= 4 is 12.4 Å². The van der Waals surface area contributed by atoms with Gasteiger partial charge in [0.2, 0.25) is 0 Å². The van der Waals surface area contributed by atoms with Crippen LogP contribution in [0.1, 0.15) is 12.8 Å². The second kappa shape index (κ2) is 4.11. The van der Waals surface area contributed by atoms with E-state index in [-0.39, 0.29) is 12.4 Å². The number of nitrogens with two attached hydrogens (primary N) is 1. The minimum atomic E-state index is -0.571. The molecule has 2 nitrogen and oxygen atoms in total. The van der Waals surface area contributed by atoms with E-state index in [4.69, 9.17) is 10.5 Å². The Morgan fingerprint density at radius 1 is 1.40 bits per heavy atom. The third-order valence-corrected chi connectivity index (χ3v) is 1.75. The van der Waals surface area contributed by atoms with Crippen LogP contribution in [0.5, 0.6) is 0 Å². The van der Waals surface area contributed by atoms with Crippen molar-refractivity contribution in [1.29, 1.82) is 0 Å². The highest BCUT2D eigenvalue weighted by molar-refractivity contribution is 5.85. The SMILES string of the molecule is Cl.NC1(CF)CCOCC1. The van der Waals surface area contributed by atoms with Crippen LogP contribution < -0.4 is 5.73 Å². The first-order valence-electron chi connectivity index (χ1n) is 3.19. The normalized spacial score (nSPS) is 23.4. The van der Waals surface area contributed by atoms with E-state index in [1.807, 2.05) is 0 Å². The smallest absolute Gasteiger partial charge is 0.108 e. The highest BCUT2D eigenvalue weighted by Crippen LogP contribution is 2.17. The van der Waals surface area contributed by atoms with Gasteiger partial charge in [-0.15, -0.1) is 12.4 Å². The Morgan fingerprint density at radius 3 is 2.20 bits per heavy atom. The number of hydrogen-bond acceptors (Lipinski definition) is 2. The summed E-state index contributed by atoms with van der Waals surface area (Å²) >= 11 is 0. The van der Waals surface area contributed by atoms with Gasteiger partial charge in [-0.25, -0.2) is 4.39 Å². The molecule has 62 valence electrons. The molecule has 0 saturated carbocycles. The van der Waals surface area contributed by atoms with Crippen molar-refractivity contribution in [2.24, 2.45) is 5.73 Å². The molecule has 1 heterocycles. The lowest BCUT2D eigenvalue weighted by molar-refractivity contribution is 0.0439. The molecule has 1 aliphatic rings. The van der Waals surface area contributed by atoms with E-state index < -0.39 is 12.2 Å². The molecule has 0 aromatic heterocycles. The van der Waals surface area contributed by atoms with Crippen molar-refractivity contribution in [3.63, 3.8) is 0 Å². The van der Waals surface area contributed by atoms with Crippen molar-refractivity contribution in [2.75, 3.05) is 19.9 Å². The van der Waals surface area contributed by atoms with Crippen LogP contribution >= 0.6 is 12.4 Å². The maximum absolute atomic E-state index is 12.1. The molecule has 0 bridgehead atoms. The van der Waals surface area contributed by atoms with Crippen molar-refractivity contribution in [2.45, 2.75) is 18.4 Å². The first kappa shape index (κ1) is 10.1. The largest absolute Gasteiger partial charge is 0.381 e. The van der Waals surface area contributed by atoms with Gasteiger partial charge in [0.15, 0.2) is 0 Å². The monoisotopic (exact) mass is 169 g/mol. The molecule has 1 rings (SSSR count). The van der Waals surface area contributed by atoms with Gasteiger partial charge in [0.05, 0.1) is 0 Å². The molecule has 1 saturated heterocycles. The Labute approximate surface area is 66.3 Å². The van der Waals surface area contributed by atoms with Crippen molar-refractivity contribution in [1.82, 2.24) is 0 Å². The fourth-order valence-electron chi connectivity index (χ4n) is 0.912. The molecule has 0 aliphatic carbocycles. The second-order valence-electron chi connectivity index (χ2n) is 2.61. The highest BCUT2D eigenvalue weighted by Gasteiger charge is 2.27. The van der Waals surface area contributed by atoms with Crippen LogP contribution in [0.15, 0.2) is 0 Å². The maximum Gasteiger partial charge on any atom is 0.108 e. The molecule has 0 amide bonds. The van der Waals surface area contributed by atoms with Crippen LogP contribution in [0.25, 0.3) is 0 Å². The Bertz CT molecular complexity index is 95.7. The van der Waals surface area contributed by atoms with E-state index in [9.17, 15) is 4.39 Å². The average molecular weight is 170 g/mol. The van der Waals surface area contributed by atoms with Crippen LogP contribution in [0.3, 0.4) is 0 Å². The Balaban J connectivity index is 0.000000810. The summed E-state index contributed by atoms with van der Waals surface area (Å²) in [4.78, 5) is 0. The second-order valence-corrected chi connectivity index (χ2v) is 2.61. The Kier molecular flexibility index (Phi) is 4.17. The van der Waals surface area contributed by atoms with Crippen LogP contribution in [-0.2, 0) is 4.74 Å². The summed E-state index contributed by atoms with van der Waals surface area (Å²) in [6.45, 7) is 0.803. The molecular formula is C6H13ClFNO. The molecule has 0 aromatic rings. The highest BCUT2D eigenvalue weighted by atomic mass is 35.5. The molecule has 2 N–H and O–H groups in total. The Morgan fingerprint density at radius 2 is 1.90 bits per heavy atom. The summed E-state index contributed by atoms with van der Waals surface area (Å²) < 4.78 is 17.1. The molecule has 10 heavy (non-hydrogen) atoms. The molecule has 0 atom stereocenters. The molecule has 0 aromatic carbocycles. The molecular weight excluding hydrogens is 157 g/mol. The van der Waals surface area contributed by atoms with E-state index in [0.717, 1.165) is 0 Å². The quantitative estimate of drug-likeness (QED) is 0.633. The molecule has 0 radical (unpaired) electrons. The zero-order chi connectivity index (χ0) is 6.74. The van der Waals surface area contributed by atoms with Gasteiger partial charge in [0, 0.05) is 18.8 Å². The van der Waals surface area contributed by atoms with E-state index in [1.165, 1.54) is 0 Å². The fraction of sp³-hybridized carbons (Fsp3) is 1.00. The minimum absolute atomic E-state index is 0. The summed E-state index contributed by atoms with van der Waals surface area (Å²) in [6.07, 6.45) is 1.31. The van der Waals surface area contributed by atoms with Gasteiger partial charge in [-0.2, -0.15) is 0 Å². The standard InChI is InChI=1S/C6H12FNO.ClH/c7-5-6(8)1-3-9-4-2-6;/h1-5,8H2;1H. The van der Waals surface area contributed by atoms with Gasteiger partial charge in [0.1, 0.15) is 6.67 Å². The van der Waals surface area contributed by atoms with Crippen molar-refractivity contribution < 1.29 is 9.13 Å². The fourth-order valence-corrected chi connectivity index (χ4v) is 0.912. The Hall–Kier alpha value is 0.140. The van der Waals surface area contributed by atoms with Gasteiger partial charge < -0.3 is 10.5 Å². The van der Waals surface area contributed by atoms with Crippen LogP contribution in [0, 0.1) is 0 Å². The summed E-state index contributed by atoms with van der Waals surface area (Å²) in [5.41, 5.74) is 5.03. The zero-order valence-electron chi connectivity index (χ0n) is 5.81. The van der Waals surface area contributed by atoms with E-state index in [0.29, 0.717) is 26.1 Å². The first-order valence-corrected chi connectivity index (χ1v) is 3.19. The van der Waals surface area contributed by atoms with Crippen LogP contribution in [0.2, 0.25) is 0 Å². The minimum Gasteiger partial charge on any atom is -0.381 e. The number of alkyl halides is 1. The van der Waals surface area contributed by atoms with E-state index in [1.54, 1.807) is 0 Å². The summed E-state index contributed by atoms with van der Waals surface area (Å²) in [5.74, 6) is 0. The molecule has 0 unspecified atom stereocenters. The van der Waals surface area contributed by atoms with Gasteiger partial charge in [-0.3, -0.25) is 0 Å². The van der Waals surface area contributed by atoms with Crippen molar-refractivity contribution in [3.05, 3.63) is 0 Å². The maximum atomic E-state index is 12.1. The lowest BCUT2D eigenvalue weighted by Gasteiger charge is -2.30. The number of halogens is 2. The van der Waals surface area contributed by atoms with Gasteiger partial charge in [-0.05, 0) is 12.8 Å². The number of ether oxygens (including phenoxy) is 1. The summed E-state index contributed by atoms with van der Waals surface area (Å²) in [7, 11) is 0. The van der Waals surface area contributed by atoms with Gasteiger partial charge >= 0.3 is 0 Å². The number of rotatable bonds is 1. The van der Waals surface area contributed by atoms with Crippen LogP contribution in [-0.4, -0.2) is 25.4 Å². The third kappa shape index (κ3) is 2.40. The van der Waals surface area contributed by atoms with Gasteiger partial charge in [-0.1, -0.05) is 0 Å². The van der Waals surface area contributed by atoms with E-state index in [2.05, 4.69) is 0 Å². The predicted molar refractivity (Wildman–Crippen MR) is 40.2 cm³/mol. The third-order valence-electron chi connectivity index (χ3n) is 1.75. The van der Waals surface area contributed by atoms with E-state index >= 15 is 0 Å². The molecule has 4 heteroatoms. The van der Waals surface area contributed by atoms with Gasteiger partial charge in [0.25, 0.3) is 0 Å². The number of hydrogen-bond donors (Lipinski definition) is 1. The lowest BCUT2D eigenvalue weighted by atomic mass is 9.93.